The topological polar surface area (TPSA) is 52.7 Å². The van der Waals surface area contributed by atoms with Crippen molar-refractivity contribution in [3.63, 3.8) is 0 Å². The second-order valence-electron chi connectivity index (χ2n) is 7.89. The number of nitrogens with zero attached hydrogens (tertiary/aromatic N) is 2. The summed E-state index contributed by atoms with van der Waals surface area (Å²) in [6, 6.07) is 16.3. The average Bonchev–Trinajstić information content (AvgIpc) is 3.16. The van der Waals surface area contributed by atoms with Gasteiger partial charge >= 0.3 is 6.03 Å². The van der Waals surface area contributed by atoms with Crippen LogP contribution in [0.3, 0.4) is 0 Å². The fourth-order valence-corrected chi connectivity index (χ4v) is 4.78. The minimum atomic E-state index is -0.0636. The number of urea groups is 1. The van der Waals surface area contributed by atoms with Gasteiger partial charge in [-0.05, 0) is 42.5 Å². The third-order valence-electron chi connectivity index (χ3n) is 6.16. The highest BCUT2D eigenvalue weighted by molar-refractivity contribution is 6.02. The minimum Gasteiger partial charge on any atom is -0.337 e. The van der Waals surface area contributed by atoms with Gasteiger partial charge in [0.15, 0.2) is 0 Å². The van der Waals surface area contributed by atoms with E-state index in [0.717, 1.165) is 30.5 Å². The Labute approximate surface area is 164 Å². The molecule has 5 nitrogen and oxygen atoms in total. The number of benzene rings is 2. The molecule has 5 heteroatoms. The summed E-state index contributed by atoms with van der Waals surface area (Å²) >= 11 is 0. The van der Waals surface area contributed by atoms with Gasteiger partial charge in [0.2, 0.25) is 0 Å². The molecule has 0 saturated carbocycles. The molecule has 3 aliphatic heterocycles. The van der Waals surface area contributed by atoms with Gasteiger partial charge in [-0.25, -0.2) is 4.79 Å². The summed E-state index contributed by atoms with van der Waals surface area (Å²) in [4.78, 5) is 29.0. The molecule has 2 bridgehead atoms. The van der Waals surface area contributed by atoms with Crippen LogP contribution in [0.4, 0.5) is 10.5 Å². The molecule has 3 amide bonds. The first-order valence-electron chi connectivity index (χ1n) is 9.84. The number of hydrogen-bond acceptors (Lipinski definition) is 2. The van der Waals surface area contributed by atoms with E-state index in [1.165, 1.54) is 11.1 Å². The molecule has 2 unspecified atom stereocenters. The predicted molar refractivity (Wildman–Crippen MR) is 109 cm³/mol. The van der Waals surface area contributed by atoms with Gasteiger partial charge in [0.1, 0.15) is 0 Å². The van der Waals surface area contributed by atoms with Crippen molar-refractivity contribution in [2.75, 3.05) is 12.4 Å². The first kappa shape index (κ1) is 17.0. The molecule has 2 aromatic rings. The molecule has 1 saturated heterocycles. The Morgan fingerprint density at radius 1 is 1.07 bits per heavy atom. The van der Waals surface area contributed by atoms with E-state index in [-0.39, 0.29) is 24.0 Å². The Balaban J connectivity index is 1.38. The smallest absolute Gasteiger partial charge is 0.322 e. The Bertz CT molecular complexity index is 983. The van der Waals surface area contributed by atoms with E-state index in [1.807, 2.05) is 29.2 Å². The van der Waals surface area contributed by atoms with E-state index in [2.05, 4.69) is 35.7 Å². The van der Waals surface area contributed by atoms with Crippen LogP contribution < -0.4 is 5.32 Å². The van der Waals surface area contributed by atoms with Crippen LogP contribution >= 0.6 is 0 Å². The van der Waals surface area contributed by atoms with Gasteiger partial charge in [-0.1, -0.05) is 42.5 Å². The monoisotopic (exact) mass is 373 g/mol. The molecule has 0 aromatic heterocycles. The van der Waals surface area contributed by atoms with Crippen molar-refractivity contribution in [2.45, 2.75) is 37.9 Å². The standard InChI is InChI=1S/C23H23N3O2/c1-25-14-20-19(22(25)27)8-5-9-21(20)24-23(28)26-17-10-11-18(26)13-16(12-17)15-6-3-2-4-7-15/h2-9,12,17-18H,10-11,13-14H2,1H3,(H,24,28). The maximum Gasteiger partial charge on any atom is 0.322 e. The number of fused-ring (bicyclic) bond motifs is 3. The molecule has 0 spiro atoms. The van der Waals surface area contributed by atoms with Crippen molar-refractivity contribution < 1.29 is 9.59 Å². The summed E-state index contributed by atoms with van der Waals surface area (Å²) < 4.78 is 0. The van der Waals surface area contributed by atoms with Gasteiger partial charge in [0, 0.05) is 36.4 Å². The third kappa shape index (κ3) is 2.70. The summed E-state index contributed by atoms with van der Waals surface area (Å²) in [6.45, 7) is 0.537. The zero-order valence-corrected chi connectivity index (χ0v) is 15.9. The lowest BCUT2D eigenvalue weighted by atomic mass is 9.95. The Hall–Kier alpha value is -3.08. The third-order valence-corrected chi connectivity index (χ3v) is 6.16. The Morgan fingerprint density at radius 3 is 2.68 bits per heavy atom. The van der Waals surface area contributed by atoms with E-state index >= 15 is 0 Å². The molecular weight excluding hydrogens is 350 g/mol. The maximum atomic E-state index is 13.1. The molecule has 1 fully saturated rings. The fourth-order valence-electron chi connectivity index (χ4n) is 4.78. The lowest BCUT2D eigenvalue weighted by Gasteiger charge is -2.34. The molecule has 2 aromatic carbocycles. The van der Waals surface area contributed by atoms with Crippen LogP contribution in [0, 0.1) is 0 Å². The van der Waals surface area contributed by atoms with Crippen LogP contribution in [-0.4, -0.2) is 40.9 Å². The van der Waals surface area contributed by atoms with E-state index in [9.17, 15) is 9.59 Å². The Morgan fingerprint density at radius 2 is 1.89 bits per heavy atom. The van der Waals surface area contributed by atoms with Crippen LogP contribution in [0.2, 0.25) is 0 Å². The molecular formula is C23H23N3O2. The lowest BCUT2D eigenvalue weighted by molar-refractivity contribution is 0.0816. The van der Waals surface area contributed by atoms with E-state index < -0.39 is 0 Å². The molecule has 3 aliphatic rings. The number of amides is 3. The zero-order valence-electron chi connectivity index (χ0n) is 15.9. The highest BCUT2D eigenvalue weighted by atomic mass is 16.2. The molecule has 2 atom stereocenters. The quantitative estimate of drug-likeness (QED) is 0.861. The van der Waals surface area contributed by atoms with Gasteiger partial charge in [-0.3, -0.25) is 4.79 Å². The van der Waals surface area contributed by atoms with Crippen molar-refractivity contribution in [3.05, 3.63) is 71.3 Å². The molecule has 0 aliphatic carbocycles. The van der Waals surface area contributed by atoms with Crippen molar-refractivity contribution in [1.29, 1.82) is 0 Å². The van der Waals surface area contributed by atoms with E-state index in [1.54, 1.807) is 11.9 Å². The van der Waals surface area contributed by atoms with E-state index in [0.29, 0.717) is 12.1 Å². The van der Waals surface area contributed by atoms with Crippen LogP contribution in [0.1, 0.15) is 40.7 Å². The second-order valence-corrected chi connectivity index (χ2v) is 7.89. The summed E-state index contributed by atoms with van der Waals surface area (Å²) in [5.41, 5.74) is 4.94. The first-order chi connectivity index (χ1) is 13.6. The van der Waals surface area contributed by atoms with Gasteiger partial charge < -0.3 is 15.1 Å². The van der Waals surface area contributed by atoms with Crippen molar-refractivity contribution in [2.24, 2.45) is 0 Å². The van der Waals surface area contributed by atoms with Crippen molar-refractivity contribution in [3.8, 4) is 0 Å². The number of nitrogens with one attached hydrogen (secondary N) is 1. The van der Waals surface area contributed by atoms with E-state index in [4.69, 9.17) is 0 Å². The van der Waals surface area contributed by atoms with Crippen LogP contribution in [0.15, 0.2) is 54.6 Å². The fraction of sp³-hybridized carbons (Fsp3) is 0.304. The van der Waals surface area contributed by atoms with Crippen LogP contribution in [0.25, 0.3) is 5.57 Å². The SMILES string of the molecule is CN1Cc2c(NC(=O)N3C4C=C(c5ccccc5)CC3CC4)cccc2C1=O. The number of carbonyl (C=O) groups excluding carboxylic acids is 2. The number of carbonyl (C=O) groups is 2. The lowest BCUT2D eigenvalue weighted by Crippen LogP contribution is -2.45. The highest BCUT2D eigenvalue weighted by Crippen LogP contribution is 2.39. The number of rotatable bonds is 2. The first-order valence-corrected chi connectivity index (χ1v) is 9.84. The zero-order chi connectivity index (χ0) is 19.3. The number of hydrogen-bond donors (Lipinski definition) is 1. The van der Waals surface area contributed by atoms with Crippen LogP contribution in [0.5, 0.6) is 0 Å². The summed E-state index contributed by atoms with van der Waals surface area (Å²) in [7, 11) is 1.79. The summed E-state index contributed by atoms with van der Waals surface area (Å²) in [6.07, 6.45) is 5.18. The van der Waals surface area contributed by atoms with Crippen LogP contribution in [-0.2, 0) is 6.54 Å². The minimum absolute atomic E-state index is 0.0135. The van der Waals surface area contributed by atoms with Gasteiger partial charge in [0.25, 0.3) is 5.91 Å². The largest absolute Gasteiger partial charge is 0.337 e. The van der Waals surface area contributed by atoms with Gasteiger partial charge in [0.05, 0.1) is 6.04 Å². The highest BCUT2D eigenvalue weighted by Gasteiger charge is 2.40. The predicted octanol–water partition coefficient (Wildman–Crippen LogP) is 4.12. The summed E-state index contributed by atoms with van der Waals surface area (Å²) in [5.74, 6) is 0.0135. The molecule has 3 heterocycles. The normalized spacial score (nSPS) is 22.9. The maximum absolute atomic E-state index is 13.1. The summed E-state index contributed by atoms with van der Waals surface area (Å²) in [5, 5.41) is 3.09. The molecule has 142 valence electrons. The second kappa shape index (κ2) is 6.51. The molecule has 1 N–H and O–H groups in total. The molecule has 0 radical (unpaired) electrons. The van der Waals surface area contributed by atoms with Crippen molar-refractivity contribution >= 4 is 23.2 Å². The molecule has 28 heavy (non-hydrogen) atoms. The van der Waals surface area contributed by atoms with Crippen molar-refractivity contribution in [1.82, 2.24) is 9.80 Å². The van der Waals surface area contributed by atoms with Gasteiger partial charge in [-0.2, -0.15) is 0 Å². The molecule has 5 rings (SSSR count). The van der Waals surface area contributed by atoms with Gasteiger partial charge in [-0.15, -0.1) is 0 Å². The average molecular weight is 373 g/mol. The Kier molecular flexibility index (Phi) is 3.97. The number of anilines is 1.